The molecule has 0 aliphatic heterocycles. The molecule has 0 atom stereocenters. The van der Waals surface area contributed by atoms with Crippen molar-refractivity contribution >= 4 is 11.8 Å². The van der Waals surface area contributed by atoms with Crippen LogP contribution in [0.15, 0.2) is 0 Å². The van der Waals surface area contributed by atoms with Crippen LogP contribution in [-0.2, 0) is 0 Å². The Bertz CT molecular complexity index is 8.75. The van der Waals surface area contributed by atoms with Crippen molar-refractivity contribution < 1.29 is 16.4 Å². The Hall–Kier alpha value is 0.230. The summed E-state index contributed by atoms with van der Waals surface area (Å²) < 4.78 is 0. The standard InChI is InChI=1S/C2H6S.3H2O/c1-3-2;;;/h1-2H3;3*1H2. The van der Waals surface area contributed by atoms with Crippen LogP contribution >= 0.6 is 11.8 Å². The first-order valence-electron chi connectivity index (χ1n) is 0.816. The Balaban J connectivity index is -0.00000000667. The van der Waals surface area contributed by atoms with Crippen LogP contribution in [0.5, 0.6) is 0 Å². The largest absolute Gasteiger partial charge is 0.412 e. The van der Waals surface area contributed by atoms with Crippen molar-refractivity contribution in [3.05, 3.63) is 0 Å². The van der Waals surface area contributed by atoms with E-state index in [0.29, 0.717) is 0 Å². The third kappa shape index (κ3) is 834. The molecule has 0 bridgehead atoms. The van der Waals surface area contributed by atoms with Gasteiger partial charge >= 0.3 is 0 Å². The average Bonchev–Trinajstić information content (AvgIpc) is 0.918. The van der Waals surface area contributed by atoms with Crippen molar-refractivity contribution in [2.45, 2.75) is 0 Å². The Labute approximate surface area is 41.7 Å². The second kappa shape index (κ2) is 61.9. The number of hydrogen-bond acceptors (Lipinski definition) is 1. The van der Waals surface area contributed by atoms with Crippen LogP contribution in [0, 0.1) is 0 Å². The molecule has 0 aromatic rings. The molecule has 0 aromatic carbocycles. The fraction of sp³-hybridized carbons (Fsp3) is 1.00. The van der Waals surface area contributed by atoms with E-state index in [9.17, 15) is 0 Å². The number of rotatable bonds is 0. The zero-order valence-corrected chi connectivity index (χ0v) is 4.72. The first kappa shape index (κ1) is 34.3. The molecule has 0 unspecified atom stereocenters. The van der Waals surface area contributed by atoms with Gasteiger partial charge in [0.15, 0.2) is 0 Å². The van der Waals surface area contributed by atoms with E-state index in [4.69, 9.17) is 0 Å². The summed E-state index contributed by atoms with van der Waals surface area (Å²) in [6.45, 7) is 0. The minimum atomic E-state index is 0. The van der Waals surface area contributed by atoms with Crippen molar-refractivity contribution in [1.29, 1.82) is 0 Å². The topological polar surface area (TPSA) is 94.5 Å². The molecule has 0 aliphatic carbocycles. The van der Waals surface area contributed by atoms with Crippen LogP contribution in [0.25, 0.3) is 0 Å². The Morgan fingerprint density at radius 3 is 0.833 bits per heavy atom. The summed E-state index contributed by atoms with van der Waals surface area (Å²) in [6, 6.07) is 0. The maximum Gasteiger partial charge on any atom is -0.0187 e. The van der Waals surface area contributed by atoms with Gasteiger partial charge in [-0.25, -0.2) is 0 Å². The molecule has 6 N–H and O–H groups in total. The quantitative estimate of drug-likeness (QED) is 0.378. The van der Waals surface area contributed by atoms with E-state index in [1.54, 1.807) is 11.8 Å². The van der Waals surface area contributed by atoms with Crippen molar-refractivity contribution in [2.24, 2.45) is 0 Å². The molecule has 0 heterocycles. The predicted octanol–water partition coefficient (Wildman–Crippen LogP) is -1.49. The zero-order valence-electron chi connectivity index (χ0n) is 3.91. The highest BCUT2D eigenvalue weighted by atomic mass is 32.2. The second-order valence-corrected chi connectivity index (χ2v) is 1.22. The van der Waals surface area contributed by atoms with Gasteiger partial charge in [-0.2, -0.15) is 11.8 Å². The molecule has 0 aromatic heterocycles. The lowest BCUT2D eigenvalue weighted by molar-refractivity contribution is 0.823. The summed E-state index contributed by atoms with van der Waals surface area (Å²) >= 11 is 1.75. The predicted molar refractivity (Wildman–Crippen MR) is 30.3 cm³/mol. The third-order valence-electron chi connectivity index (χ3n) is 0. The Kier molecular flexibility index (Phi) is 353. The van der Waals surface area contributed by atoms with Gasteiger partial charge in [-0.1, -0.05) is 0 Å². The van der Waals surface area contributed by atoms with E-state index >= 15 is 0 Å². The van der Waals surface area contributed by atoms with E-state index in [2.05, 4.69) is 0 Å². The van der Waals surface area contributed by atoms with Gasteiger partial charge in [0.25, 0.3) is 0 Å². The molecule has 0 aliphatic rings. The van der Waals surface area contributed by atoms with Crippen LogP contribution < -0.4 is 0 Å². The maximum atomic E-state index is 2.04. The average molecular weight is 116 g/mol. The van der Waals surface area contributed by atoms with Crippen molar-refractivity contribution in [2.75, 3.05) is 12.5 Å². The van der Waals surface area contributed by atoms with Crippen molar-refractivity contribution in [3.63, 3.8) is 0 Å². The first-order chi connectivity index (χ1) is 1.41. The summed E-state index contributed by atoms with van der Waals surface area (Å²) in [7, 11) is 0. The summed E-state index contributed by atoms with van der Waals surface area (Å²) in [5.41, 5.74) is 0. The van der Waals surface area contributed by atoms with E-state index in [-0.39, 0.29) is 16.4 Å². The molecule has 0 fully saturated rings. The SMILES string of the molecule is CSC.O.O.O. The highest BCUT2D eigenvalue weighted by Crippen LogP contribution is 1.70. The summed E-state index contributed by atoms with van der Waals surface area (Å²) in [5.74, 6) is 0. The summed E-state index contributed by atoms with van der Waals surface area (Å²) in [6.07, 6.45) is 4.08. The molecule has 0 saturated carbocycles. The maximum absolute atomic E-state index is 2.04. The first-order valence-corrected chi connectivity index (χ1v) is 2.45. The minimum Gasteiger partial charge on any atom is -0.412 e. The second-order valence-electron chi connectivity index (χ2n) is 0.408. The number of thioether (sulfide) groups is 1. The lowest BCUT2D eigenvalue weighted by Crippen LogP contribution is -1.25. The third-order valence-corrected chi connectivity index (χ3v) is 0. The zero-order chi connectivity index (χ0) is 2.71. The van der Waals surface area contributed by atoms with E-state index in [1.165, 1.54) is 0 Å². The molecule has 0 radical (unpaired) electrons. The van der Waals surface area contributed by atoms with Gasteiger partial charge in [0.05, 0.1) is 0 Å². The normalized spacial score (nSPS) is 3.00. The summed E-state index contributed by atoms with van der Waals surface area (Å²) in [4.78, 5) is 0. The highest BCUT2D eigenvalue weighted by Gasteiger charge is 1.32. The fourth-order valence-corrected chi connectivity index (χ4v) is 0. The molecule has 3 nitrogen and oxygen atoms in total. The molecule has 0 amide bonds. The lowest BCUT2D eigenvalue weighted by atomic mass is 11.9. The van der Waals surface area contributed by atoms with Gasteiger partial charge in [0, 0.05) is 0 Å². The van der Waals surface area contributed by atoms with Crippen LogP contribution in [0.4, 0.5) is 0 Å². The van der Waals surface area contributed by atoms with Gasteiger partial charge in [-0.05, 0) is 12.5 Å². The molecular formula is C2H12O3S. The molecule has 4 heteroatoms. The van der Waals surface area contributed by atoms with Crippen molar-refractivity contribution in [3.8, 4) is 0 Å². The monoisotopic (exact) mass is 116 g/mol. The molecule has 0 saturated heterocycles. The molecule has 0 rings (SSSR count). The van der Waals surface area contributed by atoms with E-state index in [0.717, 1.165) is 0 Å². The molecule has 6 heavy (non-hydrogen) atoms. The Morgan fingerprint density at radius 2 is 0.833 bits per heavy atom. The number of hydrogen-bond donors (Lipinski definition) is 0. The van der Waals surface area contributed by atoms with Gasteiger partial charge in [0.1, 0.15) is 0 Å². The fourth-order valence-electron chi connectivity index (χ4n) is 0. The van der Waals surface area contributed by atoms with Crippen LogP contribution in [0.2, 0.25) is 0 Å². The molecule has 44 valence electrons. The van der Waals surface area contributed by atoms with Crippen LogP contribution in [0.1, 0.15) is 0 Å². The lowest BCUT2D eigenvalue weighted by Gasteiger charge is -1.51. The van der Waals surface area contributed by atoms with Crippen LogP contribution in [-0.4, -0.2) is 28.9 Å². The van der Waals surface area contributed by atoms with E-state index in [1.807, 2.05) is 12.5 Å². The molecular weight excluding hydrogens is 104 g/mol. The van der Waals surface area contributed by atoms with Gasteiger partial charge in [0.2, 0.25) is 0 Å². The summed E-state index contributed by atoms with van der Waals surface area (Å²) in [5, 5.41) is 0. The smallest absolute Gasteiger partial charge is 0.0187 e. The van der Waals surface area contributed by atoms with Gasteiger partial charge in [-0.3, -0.25) is 0 Å². The minimum absolute atomic E-state index is 0. The van der Waals surface area contributed by atoms with Gasteiger partial charge < -0.3 is 16.4 Å². The van der Waals surface area contributed by atoms with E-state index < -0.39 is 0 Å². The molecule has 0 spiro atoms. The van der Waals surface area contributed by atoms with Gasteiger partial charge in [-0.15, -0.1) is 0 Å². The highest BCUT2D eigenvalue weighted by molar-refractivity contribution is 7.97. The Morgan fingerprint density at radius 1 is 0.833 bits per heavy atom. The van der Waals surface area contributed by atoms with Crippen LogP contribution in [0.3, 0.4) is 0 Å². The van der Waals surface area contributed by atoms with Crippen molar-refractivity contribution in [1.82, 2.24) is 0 Å².